The number of halogens is 1. The molecule has 0 fully saturated rings. The van der Waals surface area contributed by atoms with Crippen LogP contribution >= 0.6 is 22.6 Å². The average Bonchev–Trinajstić information content (AvgIpc) is 2.25. The molecule has 0 saturated heterocycles. The average molecular weight is 332 g/mol. The molecule has 0 N–H and O–H groups in total. The molecular formula is C12H17IN2O. The van der Waals surface area contributed by atoms with Gasteiger partial charge in [0.2, 0.25) is 0 Å². The second-order valence-electron chi connectivity index (χ2n) is 4.01. The highest BCUT2D eigenvalue weighted by Gasteiger charge is 2.13. The van der Waals surface area contributed by atoms with Crippen molar-refractivity contribution >= 4 is 28.5 Å². The predicted octanol–water partition coefficient (Wildman–Crippen LogP) is 1.92. The maximum atomic E-state index is 12.1. The van der Waals surface area contributed by atoms with E-state index in [1.54, 1.807) is 4.90 Å². The quantitative estimate of drug-likeness (QED) is 0.787. The van der Waals surface area contributed by atoms with Crippen LogP contribution in [-0.2, 0) is 0 Å². The van der Waals surface area contributed by atoms with Gasteiger partial charge in [-0.3, -0.25) is 4.79 Å². The van der Waals surface area contributed by atoms with E-state index in [-0.39, 0.29) is 5.91 Å². The number of amides is 1. The van der Waals surface area contributed by atoms with Gasteiger partial charge in [-0.15, -0.1) is 0 Å². The first kappa shape index (κ1) is 13.4. The minimum Gasteiger partial charge on any atom is -0.340 e. The van der Waals surface area contributed by atoms with Crippen molar-refractivity contribution < 1.29 is 4.79 Å². The number of nitrogens with zero attached hydrogens (tertiary/aromatic N) is 2. The summed E-state index contributed by atoms with van der Waals surface area (Å²) in [6, 6.07) is 7.66. The van der Waals surface area contributed by atoms with Gasteiger partial charge in [-0.1, -0.05) is 12.1 Å². The highest BCUT2D eigenvalue weighted by molar-refractivity contribution is 14.1. The Morgan fingerprint density at radius 3 is 2.38 bits per heavy atom. The molecule has 88 valence electrons. The lowest BCUT2D eigenvalue weighted by molar-refractivity contribution is 0.0785. The van der Waals surface area contributed by atoms with Gasteiger partial charge in [-0.2, -0.15) is 0 Å². The monoisotopic (exact) mass is 332 g/mol. The Morgan fingerprint density at radius 1 is 1.19 bits per heavy atom. The molecule has 1 rings (SSSR count). The fraction of sp³-hybridized carbons (Fsp3) is 0.417. The van der Waals surface area contributed by atoms with Gasteiger partial charge in [0.05, 0.1) is 5.56 Å². The Morgan fingerprint density at radius 2 is 1.81 bits per heavy atom. The zero-order valence-electron chi connectivity index (χ0n) is 9.90. The number of carbonyl (C=O) groups is 1. The van der Waals surface area contributed by atoms with E-state index in [1.165, 1.54) is 0 Å². The van der Waals surface area contributed by atoms with Gasteiger partial charge < -0.3 is 9.80 Å². The van der Waals surface area contributed by atoms with Crippen LogP contribution in [0.1, 0.15) is 10.4 Å². The van der Waals surface area contributed by atoms with Crippen molar-refractivity contribution in [3.8, 4) is 0 Å². The first-order valence-corrected chi connectivity index (χ1v) is 6.25. The van der Waals surface area contributed by atoms with Crippen LogP contribution < -0.4 is 0 Å². The van der Waals surface area contributed by atoms with Gasteiger partial charge in [-0.25, -0.2) is 0 Å². The normalized spacial score (nSPS) is 10.6. The second kappa shape index (κ2) is 6.20. The molecule has 1 aromatic rings. The molecule has 0 aliphatic rings. The van der Waals surface area contributed by atoms with E-state index in [2.05, 4.69) is 27.5 Å². The molecule has 16 heavy (non-hydrogen) atoms. The minimum atomic E-state index is 0.0897. The molecule has 1 amide bonds. The van der Waals surface area contributed by atoms with E-state index in [1.807, 2.05) is 45.4 Å². The summed E-state index contributed by atoms with van der Waals surface area (Å²) in [6.07, 6.45) is 0. The summed E-state index contributed by atoms with van der Waals surface area (Å²) in [7, 11) is 5.85. The molecule has 4 heteroatoms. The molecule has 0 atom stereocenters. The zero-order valence-corrected chi connectivity index (χ0v) is 12.1. The van der Waals surface area contributed by atoms with Crippen molar-refractivity contribution in [2.75, 3.05) is 34.2 Å². The van der Waals surface area contributed by atoms with Gasteiger partial charge in [0.25, 0.3) is 5.91 Å². The summed E-state index contributed by atoms with van der Waals surface area (Å²) < 4.78 is 1.00. The van der Waals surface area contributed by atoms with E-state index in [0.717, 1.165) is 22.2 Å². The van der Waals surface area contributed by atoms with Gasteiger partial charge in [-0.05, 0) is 48.8 Å². The molecule has 0 aliphatic carbocycles. The zero-order chi connectivity index (χ0) is 12.1. The molecule has 0 radical (unpaired) electrons. The highest BCUT2D eigenvalue weighted by Crippen LogP contribution is 2.13. The lowest BCUT2D eigenvalue weighted by atomic mass is 10.2. The topological polar surface area (TPSA) is 23.6 Å². The van der Waals surface area contributed by atoms with E-state index in [0.29, 0.717) is 0 Å². The molecule has 0 unspecified atom stereocenters. The van der Waals surface area contributed by atoms with E-state index in [9.17, 15) is 4.79 Å². The standard InChI is InChI=1S/C12H17IN2O/c1-14(2)8-9-15(3)12(16)10-6-4-5-7-11(10)13/h4-7H,8-9H2,1-3H3. The predicted molar refractivity (Wildman–Crippen MR) is 74.7 cm³/mol. The van der Waals surface area contributed by atoms with Crippen LogP contribution in [0, 0.1) is 3.57 Å². The van der Waals surface area contributed by atoms with Crippen molar-refractivity contribution in [3.63, 3.8) is 0 Å². The van der Waals surface area contributed by atoms with Crippen LogP contribution in [0.4, 0.5) is 0 Å². The molecule has 0 spiro atoms. The lowest BCUT2D eigenvalue weighted by Gasteiger charge is -2.20. The highest BCUT2D eigenvalue weighted by atomic mass is 127. The fourth-order valence-corrected chi connectivity index (χ4v) is 1.91. The smallest absolute Gasteiger partial charge is 0.254 e. The van der Waals surface area contributed by atoms with Crippen LogP contribution in [0.2, 0.25) is 0 Å². The van der Waals surface area contributed by atoms with Crippen LogP contribution in [0.3, 0.4) is 0 Å². The van der Waals surface area contributed by atoms with Crippen LogP contribution in [0.25, 0.3) is 0 Å². The van der Waals surface area contributed by atoms with Crippen molar-refractivity contribution in [1.29, 1.82) is 0 Å². The van der Waals surface area contributed by atoms with Gasteiger partial charge in [0.15, 0.2) is 0 Å². The molecule has 3 nitrogen and oxygen atoms in total. The van der Waals surface area contributed by atoms with Crippen molar-refractivity contribution in [1.82, 2.24) is 9.80 Å². The third-order valence-corrected chi connectivity index (χ3v) is 3.27. The van der Waals surface area contributed by atoms with E-state index >= 15 is 0 Å². The summed E-state index contributed by atoms with van der Waals surface area (Å²) in [5.74, 6) is 0.0897. The Kier molecular flexibility index (Phi) is 5.21. The van der Waals surface area contributed by atoms with Gasteiger partial charge in [0.1, 0.15) is 0 Å². The lowest BCUT2D eigenvalue weighted by Crippen LogP contribution is -2.33. The molecule has 0 heterocycles. The molecule has 0 aromatic heterocycles. The third-order valence-electron chi connectivity index (χ3n) is 2.33. The van der Waals surface area contributed by atoms with Crippen LogP contribution in [0.5, 0.6) is 0 Å². The van der Waals surface area contributed by atoms with Crippen LogP contribution in [-0.4, -0.2) is 49.9 Å². The largest absolute Gasteiger partial charge is 0.340 e. The van der Waals surface area contributed by atoms with E-state index in [4.69, 9.17) is 0 Å². The van der Waals surface area contributed by atoms with E-state index < -0.39 is 0 Å². The number of rotatable bonds is 4. The maximum absolute atomic E-state index is 12.1. The first-order chi connectivity index (χ1) is 7.52. The van der Waals surface area contributed by atoms with Crippen molar-refractivity contribution in [2.45, 2.75) is 0 Å². The second-order valence-corrected chi connectivity index (χ2v) is 5.17. The van der Waals surface area contributed by atoms with Crippen molar-refractivity contribution in [2.24, 2.45) is 0 Å². The molecule has 1 aromatic carbocycles. The summed E-state index contributed by atoms with van der Waals surface area (Å²) in [5, 5.41) is 0. The van der Waals surface area contributed by atoms with Gasteiger partial charge >= 0.3 is 0 Å². The van der Waals surface area contributed by atoms with Gasteiger partial charge in [0, 0.05) is 23.7 Å². The fourth-order valence-electron chi connectivity index (χ4n) is 1.29. The number of benzene rings is 1. The summed E-state index contributed by atoms with van der Waals surface area (Å²) in [4.78, 5) is 15.9. The molecule has 0 bridgehead atoms. The summed E-state index contributed by atoms with van der Waals surface area (Å²) in [5.41, 5.74) is 0.782. The molecular weight excluding hydrogens is 315 g/mol. The Hall–Kier alpha value is -0.620. The SMILES string of the molecule is CN(C)CCN(C)C(=O)c1ccccc1I. The maximum Gasteiger partial charge on any atom is 0.254 e. The third kappa shape index (κ3) is 3.75. The minimum absolute atomic E-state index is 0.0897. The summed E-state index contributed by atoms with van der Waals surface area (Å²) in [6.45, 7) is 1.63. The number of hydrogen-bond acceptors (Lipinski definition) is 2. The van der Waals surface area contributed by atoms with Crippen molar-refractivity contribution in [3.05, 3.63) is 33.4 Å². The Balaban J connectivity index is 2.67. The first-order valence-electron chi connectivity index (χ1n) is 5.17. The number of hydrogen-bond donors (Lipinski definition) is 0. The molecule has 0 aliphatic heterocycles. The molecule has 0 saturated carbocycles. The summed E-state index contributed by atoms with van der Waals surface area (Å²) >= 11 is 2.19. The van der Waals surface area contributed by atoms with Crippen LogP contribution in [0.15, 0.2) is 24.3 Å². The number of carbonyl (C=O) groups excluding carboxylic acids is 1. The number of likely N-dealkylation sites (N-methyl/N-ethyl adjacent to an activating group) is 2. The Bertz CT molecular complexity index is 366. The Labute approximate surface area is 111 Å².